The van der Waals surface area contributed by atoms with E-state index in [-0.39, 0.29) is 0 Å². The molecule has 0 amide bonds. The van der Waals surface area contributed by atoms with Gasteiger partial charge in [0.2, 0.25) is 11.8 Å². The number of piperidine rings is 1. The van der Waals surface area contributed by atoms with Crippen LogP contribution in [0.2, 0.25) is 0 Å². The standard InChI is InChI=1S/C16H22N4O/c1-12-5-4-6-13(9-12)16-19-18-15(21-16)11-20-8-3-2-7-14(20)10-17/h4-6,9,14H,2-3,7-8,10-11,17H2,1H3. The van der Waals surface area contributed by atoms with Crippen molar-refractivity contribution in [2.75, 3.05) is 13.1 Å². The van der Waals surface area contributed by atoms with Gasteiger partial charge in [-0.1, -0.05) is 24.1 Å². The number of hydrogen-bond acceptors (Lipinski definition) is 5. The van der Waals surface area contributed by atoms with E-state index >= 15 is 0 Å². The topological polar surface area (TPSA) is 68.2 Å². The molecule has 1 saturated heterocycles. The van der Waals surface area contributed by atoms with Crippen LogP contribution in [0.3, 0.4) is 0 Å². The highest BCUT2D eigenvalue weighted by molar-refractivity contribution is 5.53. The third-order valence-electron chi connectivity index (χ3n) is 4.09. The molecule has 1 fully saturated rings. The first-order valence-corrected chi connectivity index (χ1v) is 7.60. The van der Waals surface area contributed by atoms with Gasteiger partial charge in [-0.15, -0.1) is 10.2 Å². The van der Waals surface area contributed by atoms with Crippen molar-refractivity contribution < 1.29 is 4.42 Å². The number of rotatable bonds is 4. The normalized spacial score (nSPS) is 19.8. The average Bonchev–Trinajstić information content (AvgIpc) is 2.96. The number of likely N-dealkylation sites (tertiary alicyclic amines) is 1. The minimum absolute atomic E-state index is 0.438. The molecule has 2 N–H and O–H groups in total. The Morgan fingerprint density at radius 1 is 1.33 bits per heavy atom. The second-order valence-electron chi connectivity index (χ2n) is 5.73. The summed E-state index contributed by atoms with van der Waals surface area (Å²) in [5.74, 6) is 1.27. The number of aromatic nitrogens is 2. The fraction of sp³-hybridized carbons (Fsp3) is 0.500. The lowest BCUT2D eigenvalue weighted by atomic mass is 10.0. The van der Waals surface area contributed by atoms with E-state index in [2.05, 4.69) is 34.2 Å². The molecular formula is C16H22N4O. The number of hydrogen-bond donors (Lipinski definition) is 1. The predicted molar refractivity (Wildman–Crippen MR) is 81.6 cm³/mol. The Labute approximate surface area is 125 Å². The highest BCUT2D eigenvalue weighted by Gasteiger charge is 2.23. The molecule has 0 bridgehead atoms. The van der Waals surface area contributed by atoms with Gasteiger partial charge in [0.25, 0.3) is 0 Å². The first kappa shape index (κ1) is 14.2. The molecule has 0 spiro atoms. The van der Waals surface area contributed by atoms with Crippen molar-refractivity contribution in [3.8, 4) is 11.5 Å². The molecule has 1 aromatic heterocycles. The van der Waals surface area contributed by atoms with Gasteiger partial charge in [-0.3, -0.25) is 4.90 Å². The number of nitrogens with zero attached hydrogens (tertiary/aromatic N) is 3. The molecule has 112 valence electrons. The molecule has 1 aliphatic rings. The first-order chi connectivity index (χ1) is 10.3. The Balaban J connectivity index is 1.73. The molecule has 21 heavy (non-hydrogen) atoms. The minimum atomic E-state index is 0.438. The average molecular weight is 286 g/mol. The van der Waals surface area contributed by atoms with Crippen LogP contribution in [0.1, 0.15) is 30.7 Å². The van der Waals surface area contributed by atoms with Crippen molar-refractivity contribution >= 4 is 0 Å². The second kappa shape index (κ2) is 6.37. The molecule has 5 heteroatoms. The van der Waals surface area contributed by atoms with Crippen molar-refractivity contribution in [3.05, 3.63) is 35.7 Å². The molecule has 3 rings (SSSR count). The van der Waals surface area contributed by atoms with Crippen molar-refractivity contribution in [2.24, 2.45) is 5.73 Å². The van der Waals surface area contributed by atoms with E-state index in [0.29, 0.717) is 30.9 Å². The maximum Gasteiger partial charge on any atom is 0.247 e. The minimum Gasteiger partial charge on any atom is -0.419 e. The molecule has 2 aromatic rings. The van der Waals surface area contributed by atoms with Crippen LogP contribution in [0.25, 0.3) is 11.5 Å². The van der Waals surface area contributed by atoms with Gasteiger partial charge < -0.3 is 10.2 Å². The smallest absolute Gasteiger partial charge is 0.247 e. The third kappa shape index (κ3) is 3.31. The molecular weight excluding hydrogens is 264 g/mol. The maximum atomic E-state index is 5.85. The summed E-state index contributed by atoms with van der Waals surface area (Å²) in [5.41, 5.74) is 8.01. The van der Waals surface area contributed by atoms with Gasteiger partial charge in [-0.25, -0.2) is 0 Å². The Morgan fingerprint density at radius 3 is 3.05 bits per heavy atom. The van der Waals surface area contributed by atoms with Crippen molar-refractivity contribution in [2.45, 2.75) is 38.8 Å². The van der Waals surface area contributed by atoms with Gasteiger partial charge in [0, 0.05) is 18.2 Å². The zero-order valence-electron chi connectivity index (χ0n) is 12.5. The zero-order valence-corrected chi connectivity index (χ0v) is 12.5. The fourth-order valence-corrected chi connectivity index (χ4v) is 2.92. The van der Waals surface area contributed by atoms with Crippen LogP contribution < -0.4 is 5.73 Å². The Morgan fingerprint density at radius 2 is 2.24 bits per heavy atom. The molecule has 0 aliphatic carbocycles. The molecule has 2 heterocycles. The molecule has 1 aromatic carbocycles. The quantitative estimate of drug-likeness (QED) is 0.934. The van der Waals surface area contributed by atoms with E-state index < -0.39 is 0 Å². The second-order valence-corrected chi connectivity index (χ2v) is 5.73. The van der Waals surface area contributed by atoms with Gasteiger partial charge in [-0.2, -0.15) is 0 Å². The summed E-state index contributed by atoms with van der Waals surface area (Å²) in [6.07, 6.45) is 3.64. The van der Waals surface area contributed by atoms with Gasteiger partial charge >= 0.3 is 0 Å². The van der Waals surface area contributed by atoms with E-state index in [0.717, 1.165) is 18.5 Å². The molecule has 1 aliphatic heterocycles. The van der Waals surface area contributed by atoms with Gasteiger partial charge in [-0.05, 0) is 38.4 Å². The Bertz CT molecular complexity index is 595. The van der Waals surface area contributed by atoms with E-state index in [1.54, 1.807) is 0 Å². The Kier molecular flexibility index (Phi) is 4.31. The maximum absolute atomic E-state index is 5.85. The summed E-state index contributed by atoms with van der Waals surface area (Å²) in [6, 6.07) is 8.55. The summed E-state index contributed by atoms with van der Waals surface area (Å²) >= 11 is 0. The fourth-order valence-electron chi connectivity index (χ4n) is 2.92. The van der Waals surface area contributed by atoms with Crippen LogP contribution in [0.4, 0.5) is 0 Å². The van der Waals surface area contributed by atoms with Crippen molar-refractivity contribution in [1.29, 1.82) is 0 Å². The number of aryl methyl sites for hydroxylation is 1. The summed E-state index contributed by atoms with van der Waals surface area (Å²) < 4.78 is 5.82. The van der Waals surface area contributed by atoms with Gasteiger partial charge in [0.05, 0.1) is 6.54 Å². The molecule has 5 nitrogen and oxygen atoms in total. The van der Waals surface area contributed by atoms with Crippen LogP contribution in [0.15, 0.2) is 28.7 Å². The number of benzene rings is 1. The van der Waals surface area contributed by atoms with Crippen LogP contribution in [0.5, 0.6) is 0 Å². The highest BCUT2D eigenvalue weighted by atomic mass is 16.4. The van der Waals surface area contributed by atoms with Crippen LogP contribution in [-0.4, -0.2) is 34.2 Å². The van der Waals surface area contributed by atoms with E-state index in [1.165, 1.54) is 18.4 Å². The van der Waals surface area contributed by atoms with E-state index in [1.807, 2.05) is 12.1 Å². The zero-order chi connectivity index (χ0) is 14.7. The van der Waals surface area contributed by atoms with Crippen molar-refractivity contribution in [3.63, 3.8) is 0 Å². The van der Waals surface area contributed by atoms with E-state index in [9.17, 15) is 0 Å². The lowest BCUT2D eigenvalue weighted by molar-refractivity contribution is 0.132. The lowest BCUT2D eigenvalue weighted by Crippen LogP contribution is -2.43. The summed E-state index contributed by atoms with van der Waals surface area (Å²) in [5, 5.41) is 8.36. The third-order valence-corrected chi connectivity index (χ3v) is 4.09. The first-order valence-electron chi connectivity index (χ1n) is 7.60. The lowest BCUT2D eigenvalue weighted by Gasteiger charge is -2.33. The predicted octanol–water partition coefficient (Wildman–Crippen LogP) is 2.36. The van der Waals surface area contributed by atoms with E-state index in [4.69, 9.17) is 10.2 Å². The highest BCUT2D eigenvalue weighted by Crippen LogP contribution is 2.22. The SMILES string of the molecule is Cc1cccc(-c2nnc(CN3CCCCC3CN)o2)c1. The van der Waals surface area contributed by atoms with Gasteiger partial charge in [0.15, 0.2) is 0 Å². The van der Waals surface area contributed by atoms with Gasteiger partial charge in [0.1, 0.15) is 0 Å². The summed E-state index contributed by atoms with van der Waals surface area (Å²) in [4.78, 5) is 2.36. The van der Waals surface area contributed by atoms with Crippen LogP contribution in [0, 0.1) is 6.92 Å². The Hall–Kier alpha value is -1.72. The molecule has 1 unspecified atom stereocenters. The largest absolute Gasteiger partial charge is 0.419 e. The van der Waals surface area contributed by atoms with Crippen LogP contribution >= 0.6 is 0 Å². The molecule has 0 radical (unpaired) electrons. The molecule has 1 atom stereocenters. The molecule has 0 saturated carbocycles. The summed E-state index contributed by atoms with van der Waals surface area (Å²) in [6.45, 7) is 4.50. The van der Waals surface area contributed by atoms with Crippen molar-refractivity contribution in [1.82, 2.24) is 15.1 Å². The number of nitrogens with two attached hydrogens (primary N) is 1. The summed E-state index contributed by atoms with van der Waals surface area (Å²) in [7, 11) is 0. The van der Waals surface area contributed by atoms with Crippen LogP contribution in [-0.2, 0) is 6.54 Å². The monoisotopic (exact) mass is 286 g/mol.